The van der Waals surface area contributed by atoms with Crippen molar-refractivity contribution < 1.29 is 14.0 Å². The van der Waals surface area contributed by atoms with Gasteiger partial charge in [-0.2, -0.15) is 0 Å². The highest BCUT2D eigenvalue weighted by molar-refractivity contribution is 6.00. The standard InChI is InChI=1S/C14H17FN2O2/c1-2-6-16-10-13(18)8-14(19)17(16)9-11-4-3-5-12(15)7-11/h3-5,7H,2,6,8-10H2,1H3. The van der Waals surface area contributed by atoms with Gasteiger partial charge in [0, 0.05) is 6.54 Å². The van der Waals surface area contributed by atoms with Gasteiger partial charge >= 0.3 is 0 Å². The topological polar surface area (TPSA) is 40.6 Å². The van der Waals surface area contributed by atoms with E-state index in [4.69, 9.17) is 0 Å². The maximum absolute atomic E-state index is 13.2. The smallest absolute Gasteiger partial charge is 0.244 e. The van der Waals surface area contributed by atoms with Crippen molar-refractivity contribution in [2.75, 3.05) is 13.1 Å². The fourth-order valence-corrected chi connectivity index (χ4v) is 2.22. The number of rotatable bonds is 4. The number of benzene rings is 1. The van der Waals surface area contributed by atoms with Gasteiger partial charge in [-0.15, -0.1) is 0 Å². The van der Waals surface area contributed by atoms with E-state index in [0.29, 0.717) is 13.1 Å². The predicted molar refractivity (Wildman–Crippen MR) is 68.4 cm³/mol. The third kappa shape index (κ3) is 3.38. The van der Waals surface area contributed by atoms with Crippen LogP contribution in [0.25, 0.3) is 0 Å². The first-order chi connectivity index (χ1) is 9.10. The molecule has 0 N–H and O–H groups in total. The number of nitrogens with zero attached hydrogens (tertiary/aromatic N) is 2. The summed E-state index contributed by atoms with van der Waals surface area (Å²) in [5.41, 5.74) is 0.726. The van der Waals surface area contributed by atoms with E-state index in [9.17, 15) is 14.0 Å². The van der Waals surface area contributed by atoms with Crippen molar-refractivity contribution in [2.24, 2.45) is 0 Å². The summed E-state index contributed by atoms with van der Waals surface area (Å²) in [7, 11) is 0. The average molecular weight is 264 g/mol. The summed E-state index contributed by atoms with van der Waals surface area (Å²) in [4.78, 5) is 23.4. The lowest BCUT2D eigenvalue weighted by atomic mass is 10.1. The largest absolute Gasteiger partial charge is 0.298 e. The Bertz CT molecular complexity index is 490. The molecule has 0 bridgehead atoms. The van der Waals surface area contributed by atoms with E-state index in [1.165, 1.54) is 12.1 Å². The van der Waals surface area contributed by atoms with Gasteiger partial charge in [0.1, 0.15) is 5.82 Å². The van der Waals surface area contributed by atoms with Crippen LogP contribution in [-0.2, 0) is 16.1 Å². The molecule has 102 valence electrons. The minimum atomic E-state index is -0.319. The summed E-state index contributed by atoms with van der Waals surface area (Å²) in [6, 6.07) is 6.17. The molecule has 1 saturated heterocycles. The number of hydrogen-bond acceptors (Lipinski definition) is 3. The normalized spacial score (nSPS) is 17.1. The van der Waals surface area contributed by atoms with Crippen molar-refractivity contribution in [3.8, 4) is 0 Å². The highest BCUT2D eigenvalue weighted by Crippen LogP contribution is 2.15. The number of ketones is 1. The van der Waals surface area contributed by atoms with Crippen LogP contribution in [0.4, 0.5) is 4.39 Å². The Kier molecular flexibility index (Phi) is 4.27. The van der Waals surface area contributed by atoms with Crippen molar-refractivity contribution in [3.05, 3.63) is 35.6 Å². The summed E-state index contributed by atoms with van der Waals surface area (Å²) in [6.07, 6.45) is 0.787. The van der Waals surface area contributed by atoms with E-state index in [2.05, 4.69) is 0 Å². The zero-order valence-corrected chi connectivity index (χ0v) is 10.9. The molecule has 0 radical (unpaired) electrons. The number of hydrogen-bond donors (Lipinski definition) is 0. The van der Waals surface area contributed by atoms with E-state index in [1.807, 2.05) is 6.92 Å². The van der Waals surface area contributed by atoms with Crippen LogP contribution in [0, 0.1) is 5.82 Å². The number of halogens is 1. The van der Waals surface area contributed by atoms with E-state index in [-0.39, 0.29) is 30.5 Å². The first-order valence-electron chi connectivity index (χ1n) is 6.41. The van der Waals surface area contributed by atoms with Gasteiger partial charge in [0.2, 0.25) is 5.91 Å². The summed E-state index contributed by atoms with van der Waals surface area (Å²) < 4.78 is 13.2. The van der Waals surface area contributed by atoms with Gasteiger partial charge in [-0.3, -0.25) is 14.6 Å². The maximum Gasteiger partial charge on any atom is 0.244 e. The van der Waals surface area contributed by atoms with Gasteiger partial charge in [0.25, 0.3) is 0 Å². The molecule has 5 heteroatoms. The Balaban J connectivity index is 2.15. The minimum Gasteiger partial charge on any atom is -0.298 e. The molecule has 1 aromatic carbocycles. The molecule has 1 fully saturated rings. The molecule has 1 aliphatic rings. The second kappa shape index (κ2) is 5.93. The van der Waals surface area contributed by atoms with E-state index >= 15 is 0 Å². The van der Waals surface area contributed by atoms with E-state index in [1.54, 1.807) is 22.2 Å². The molecule has 2 rings (SSSR count). The quantitative estimate of drug-likeness (QED) is 0.778. The molecular weight excluding hydrogens is 247 g/mol. The molecule has 0 unspecified atom stereocenters. The number of carbonyl (C=O) groups excluding carboxylic acids is 2. The SMILES string of the molecule is CCCN1CC(=O)CC(=O)N1Cc1cccc(F)c1. The number of Topliss-reactive ketones (excluding diaryl/α,β-unsaturated/α-hetero) is 1. The second-order valence-corrected chi connectivity index (χ2v) is 4.68. The summed E-state index contributed by atoms with van der Waals surface area (Å²) in [5, 5.41) is 3.30. The first kappa shape index (κ1) is 13.7. The Morgan fingerprint density at radius 2 is 2.11 bits per heavy atom. The molecule has 19 heavy (non-hydrogen) atoms. The van der Waals surface area contributed by atoms with Gasteiger partial charge in [0.05, 0.1) is 19.5 Å². The Labute approximate surface area is 111 Å². The van der Waals surface area contributed by atoms with Gasteiger partial charge < -0.3 is 0 Å². The summed E-state index contributed by atoms with van der Waals surface area (Å²) in [5.74, 6) is -0.594. The Morgan fingerprint density at radius 3 is 2.79 bits per heavy atom. The lowest BCUT2D eigenvalue weighted by Gasteiger charge is -2.37. The van der Waals surface area contributed by atoms with Gasteiger partial charge in [0.15, 0.2) is 5.78 Å². The Morgan fingerprint density at radius 1 is 1.32 bits per heavy atom. The fourth-order valence-electron chi connectivity index (χ4n) is 2.22. The highest BCUT2D eigenvalue weighted by Gasteiger charge is 2.30. The number of hydrazine groups is 1. The molecule has 1 amide bonds. The molecule has 1 aromatic rings. The third-order valence-electron chi connectivity index (χ3n) is 3.04. The van der Waals surface area contributed by atoms with Crippen LogP contribution in [0.1, 0.15) is 25.3 Å². The second-order valence-electron chi connectivity index (χ2n) is 4.68. The number of amides is 1. The van der Waals surface area contributed by atoms with Crippen molar-refractivity contribution in [3.63, 3.8) is 0 Å². The van der Waals surface area contributed by atoms with Crippen molar-refractivity contribution in [1.29, 1.82) is 0 Å². The lowest BCUT2D eigenvalue weighted by molar-refractivity contribution is -0.162. The van der Waals surface area contributed by atoms with Gasteiger partial charge in [-0.1, -0.05) is 19.1 Å². The zero-order valence-electron chi connectivity index (χ0n) is 10.9. The Hall–Kier alpha value is -1.75. The first-order valence-corrected chi connectivity index (χ1v) is 6.41. The van der Waals surface area contributed by atoms with Crippen molar-refractivity contribution >= 4 is 11.7 Å². The monoisotopic (exact) mass is 264 g/mol. The van der Waals surface area contributed by atoms with Crippen LogP contribution < -0.4 is 0 Å². The predicted octanol–water partition coefficient (Wildman–Crippen LogP) is 1.75. The van der Waals surface area contributed by atoms with Crippen LogP contribution in [0.5, 0.6) is 0 Å². The van der Waals surface area contributed by atoms with Crippen molar-refractivity contribution in [1.82, 2.24) is 10.0 Å². The molecule has 1 aliphatic heterocycles. The maximum atomic E-state index is 13.2. The van der Waals surface area contributed by atoms with Gasteiger partial charge in [-0.05, 0) is 24.1 Å². The van der Waals surface area contributed by atoms with Gasteiger partial charge in [-0.25, -0.2) is 9.40 Å². The summed E-state index contributed by atoms with van der Waals surface area (Å²) >= 11 is 0. The molecule has 1 heterocycles. The zero-order chi connectivity index (χ0) is 13.8. The minimum absolute atomic E-state index is 0.0600. The average Bonchev–Trinajstić information content (AvgIpc) is 2.34. The molecular formula is C14H17FN2O2. The van der Waals surface area contributed by atoms with Crippen LogP contribution in [0.15, 0.2) is 24.3 Å². The van der Waals surface area contributed by atoms with Crippen LogP contribution in [0.3, 0.4) is 0 Å². The molecule has 0 saturated carbocycles. The lowest BCUT2D eigenvalue weighted by Crippen LogP contribution is -2.53. The highest BCUT2D eigenvalue weighted by atomic mass is 19.1. The van der Waals surface area contributed by atoms with Crippen molar-refractivity contribution in [2.45, 2.75) is 26.3 Å². The molecule has 0 spiro atoms. The third-order valence-corrected chi connectivity index (χ3v) is 3.04. The molecule has 0 atom stereocenters. The van der Waals surface area contributed by atoms with Crippen LogP contribution in [-0.4, -0.2) is 34.8 Å². The summed E-state index contributed by atoms with van der Waals surface area (Å²) in [6.45, 7) is 3.20. The van der Waals surface area contributed by atoms with E-state index < -0.39 is 0 Å². The molecule has 0 aliphatic carbocycles. The van der Waals surface area contributed by atoms with Crippen LogP contribution in [0.2, 0.25) is 0 Å². The fraction of sp³-hybridized carbons (Fsp3) is 0.429. The van der Waals surface area contributed by atoms with Crippen LogP contribution >= 0.6 is 0 Å². The number of carbonyl (C=O) groups is 2. The molecule has 4 nitrogen and oxygen atoms in total. The van der Waals surface area contributed by atoms with E-state index in [0.717, 1.165) is 12.0 Å². The molecule has 0 aromatic heterocycles.